The molecule has 194 valence electrons. The highest BCUT2D eigenvalue weighted by atomic mass is 16.5. The second-order valence-corrected chi connectivity index (χ2v) is 9.87. The third-order valence-electron chi connectivity index (χ3n) is 6.32. The van der Waals surface area contributed by atoms with Crippen molar-refractivity contribution in [2.24, 2.45) is 0 Å². The van der Waals surface area contributed by atoms with Crippen LogP contribution >= 0.6 is 0 Å². The molecule has 0 saturated carbocycles. The van der Waals surface area contributed by atoms with Crippen molar-refractivity contribution < 1.29 is 19.0 Å². The fourth-order valence-corrected chi connectivity index (χ4v) is 4.24. The fourth-order valence-electron chi connectivity index (χ4n) is 4.24. The van der Waals surface area contributed by atoms with Gasteiger partial charge in [0.15, 0.2) is 11.5 Å². The maximum absolute atomic E-state index is 12.7. The molecule has 1 amide bonds. The number of carbonyl (C=O) groups excluding carboxylic acids is 1. The number of rotatable bonds is 10. The lowest BCUT2D eigenvalue weighted by Crippen LogP contribution is -2.26. The quantitative estimate of drug-likeness (QED) is 0.315. The molecule has 1 N–H and O–H groups in total. The van der Waals surface area contributed by atoms with Crippen LogP contribution in [0.15, 0.2) is 66.7 Å². The molecule has 37 heavy (non-hydrogen) atoms. The number of aromatic nitrogens is 2. The van der Waals surface area contributed by atoms with E-state index in [9.17, 15) is 4.79 Å². The van der Waals surface area contributed by atoms with Gasteiger partial charge in [-0.15, -0.1) is 0 Å². The first-order chi connectivity index (χ1) is 17.8. The number of carbonyl (C=O) groups is 1. The second kappa shape index (κ2) is 11.4. The third kappa shape index (κ3) is 6.23. The summed E-state index contributed by atoms with van der Waals surface area (Å²) < 4.78 is 18.8. The molecule has 0 spiro atoms. The Hall–Kier alpha value is -4.00. The molecular weight excluding hydrogens is 466 g/mol. The molecule has 0 aliphatic carbocycles. The molecule has 0 atom stereocenters. The van der Waals surface area contributed by atoms with Gasteiger partial charge in [-0.05, 0) is 53.4 Å². The Bertz CT molecular complexity index is 1350. The molecule has 0 fully saturated rings. The van der Waals surface area contributed by atoms with Gasteiger partial charge in [-0.2, -0.15) is 0 Å². The number of amides is 1. The van der Waals surface area contributed by atoms with Gasteiger partial charge in [-0.1, -0.05) is 45.0 Å². The highest BCUT2D eigenvalue weighted by Crippen LogP contribution is 2.27. The van der Waals surface area contributed by atoms with Gasteiger partial charge in [-0.3, -0.25) is 4.79 Å². The monoisotopic (exact) mass is 501 g/mol. The molecule has 4 aromatic rings. The van der Waals surface area contributed by atoms with Gasteiger partial charge in [0.1, 0.15) is 18.2 Å². The summed E-state index contributed by atoms with van der Waals surface area (Å²) in [6, 6.07) is 21.5. The van der Waals surface area contributed by atoms with E-state index in [2.05, 4.69) is 48.9 Å². The summed E-state index contributed by atoms with van der Waals surface area (Å²) in [5.74, 6) is 2.68. The lowest BCUT2D eigenvalue weighted by molar-refractivity contribution is 0.0953. The van der Waals surface area contributed by atoms with E-state index in [0.29, 0.717) is 43.2 Å². The second-order valence-electron chi connectivity index (χ2n) is 9.87. The standard InChI is InChI=1S/C30H35N3O4/c1-30(2,3)22-11-13-23(14-12-22)37-19-18-33-25-9-7-6-8-24(25)32-28(33)16-17-31-29(34)21-10-15-26(35-4)27(20-21)36-5/h6-15,20H,16-19H2,1-5H3,(H,31,34). The zero-order valence-corrected chi connectivity index (χ0v) is 22.2. The van der Waals surface area contributed by atoms with Crippen molar-refractivity contribution in [3.8, 4) is 17.2 Å². The zero-order chi connectivity index (χ0) is 26.4. The number of hydrogen-bond donors (Lipinski definition) is 1. The highest BCUT2D eigenvalue weighted by molar-refractivity contribution is 5.94. The average molecular weight is 502 g/mol. The predicted octanol–water partition coefficient (Wildman–Crippen LogP) is 5.40. The van der Waals surface area contributed by atoms with Crippen molar-refractivity contribution in [3.63, 3.8) is 0 Å². The lowest BCUT2D eigenvalue weighted by atomic mass is 9.87. The first-order valence-corrected chi connectivity index (χ1v) is 12.5. The number of nitrogens with zero attached hydrogens (tertiary/aromatic N) is 2. The van der Waals surface area contributed by atoms with Crippen molar-refractivity contribution in [1.82, 2.24) is 14.9 Å². The van der Waals surface area contributed by atoms with E-state index >= 15 is 0 Å². The van der Waals surface area contributed by atoms with E-state index in [0.717, 1.165) is 22.6 Å². The van der Waals surface area contributed by atoms with Crippen LogP contribution < -0.4 is 19.5 Å². The summed E-state index contributed by atoms with van der Waals surface area (Å²) in [5.41, 5.74) is 3.88. The normalized spacial score (nSPS) is 11.4. The van der Waals surface area contributed by atoms with Gasteiger partial charge >= 0.3 is 0 Å². The van der Waals surface area contributed by atoms with Crippen LogP contribution in [0.5, 0.6) is 17.2 Å². The molecule has 4 rings (SSSR count). The summed E-state index contributed by atoms with van der Waals surface area (Å²) in [4.78, 5) is 17.5. The number of nitrogens with one attached hydrogen (secondary N) is 1. The minimum Gasteiger partial charge on any atom is -0.493 e. The van der Waals surface area contributed by atoms with Crippen LogP contribution in [0.1, 0.15) is 42.5 Å². The summed E-state index contributed by atoms with van der Waals surface area (Å²) in [5, 5.41) is 2.99. The van der Waals surface area contributed by atoms with E-state index in [1.165, 1.54) is 5.56 Å². The Morgan fingerprint density at radius 2 is 1.68 bits per heavy atom. The number of para-hydroxylation sites is 2. The van der Waals surface area contributed by atoms with Crippen LogP contribution in [0.3, 0.4) is 0 Å². The minimum atomic E-state index is -0.175. The van der Waals surface area contributed by atoms with Crippen LogP contribution in [-0.2, 0) is 18.4 Å². The van der Waals surface area contributed by atoms with Gasteiger partial charge in [0.2, 0.25) is 0 Å². The molecule has 7 heteroatoms. The fraction of sp³-hybridized carbons (Fsp3) is 0.333. The molecular formula is C30H35N3O4. The Kier molecular flexibility index (Phi) is 8.01. The zero-order valence-electron chi connectivity index (χ0n) is 22.2. The molecule has 0 radical (unpaired) electrons. The van der Waals surface area contributed by atoms with Gasteiger partial charge < -0.3 is 24.1 Å². The first kappa shape index (κ1) is 26.1. The van der Waals surface area contributed by atoms with Crippen LogP contribution in [0.4, 0.5) is 0 Å². The van der Waals surface area contributed by atoms with Crippen LogP contribution in [0.2, 0.25) is 0 Å². The van der Waals surface area contributed by atoms with Crippen molar-refractivity contribution in [1.29, 1.82) is 0 Å². The third-order valence-corrected chi connectivity index (χ3v) is 6.32. The van der Waals surface area contributed by atoms with Crippen LogP contribution in [0, 0.1) is 0 Å². The maximum atomic E-state index is 12.7. The van der Waals surface area contributed by atoms with Crippen molar-refractivity contribution in [3.05, 3.63) is 83.7 Å². The van der Waals surface area contributed by atoms with Gasteiger partial charge in [0, 0.05) is 18.5 Å². The number of imidazole rings is 1. The number of methoxy groups -OCH3 is 2. The molecule has 1 heterocycles. The molecule has 1 aromatic heterocycles. The van der Waals surface area contributed by atoms with Crippen LogP contribution in [0.25, 0.3) is 11.0 Å². The Morgan fingerprint density at radius 3 is 2.38 bits per heavy atom. The average Bonchev–Trinajstić information content (AvgIpc) is 3.25. The maximum Gasteiger partial charge on any atom is 0.251 e. The molecule has 0 aliphatic rings. The smallest absolute Gasteiger partial charge is 0.251 e. The van der Waals surface area contributed by atoms with Crippen molar-refractivity contribution in [2.45, 2.75) is 39.2 Å². The molecule has 0 unspecified atom stereocenters. The first-order valence-electron chi connectivity index (χ1n) is 12.5. The number of ether oxygens (including phenoxy) is 3. The topological polar surface area (TPSA) is 74.6 Å². The molecule has 0 aliphatic heterocycles. The SMILES string of the molecule is COc1ccc(C(=O)NCCc2nc3ccccc3n2CCOc2ccc(C(C)(C)C)cc2)cc1OC. The Labute approximate surface area is 218 Å². The van der Waals surface area contributed by atoms with Crippen molar-refractivity contribution in [2.75, 3.05) is 27.4 Å². The van der Waals surface area contributed by atoms with E-state index in [1.54, 1.807) is 32.4 Å². The van der Waals surface area contributed by atoms with Gasteiger partial charge in [0.05, 0.1) is 31.8 Å². The van der Waals surface area contributed by atoms with E-state index in [4.69, 9.17) is 19.2 Å². The summed E-state index contributed by atoms with van der Waals surface area (Å²) in [6.07, 6.45) is 0.591. The molecule has 0 saturated heterocycles. The molecule has 0 bridgehead atoms. The number of fused-ring (bicyclic) bond motifs is 1. The largest absolute Gasteiger partial charge is 0.493 e. The van der Waals surface area contributed by atoms with Crippen molar-refractivity contribution >= 4 is 16.9 Å². The Morgan fingerprint density at radius 1 is 0.946 bits per heavy atom. The number of benzene rings is 3. The summed E-state index contributed by atoms with van der Waals surface area (Å²) in [7, 11) is 3.12. The minimum absolute atomic E-state index is 0.109. The predicted molar refractivity (Wildman–Crippen MR) is 146 cm³/mol. The summed E-state index contributed by atoms with van der Waals surface area (Å²) >= 11 is 0. The lowest BCUT2D eigenvalue weighted by Gasteiger charge is -2.19. The van der Waals surface area contributed by atoms with E-state index < -0.39 is 0 Å². The highest BCUT2D eigenvalue weighted by Gasteiger charge is 2.15. The van der Waals surface area contributed by atoms with E-state index in [1.807, 2.05) is 30.3 Å². The summed E-state index contributed by atoms with van der Waals surface area (Å²) in [6.45, 7) is 8.22. The van der Waals surface area contributed by atoms with E-state index in [-0.39, 0.29) is 11.3 Å². The number of hydrogen-bond acceptors (Lipinski definition) is 5. The van der Waals surface area contributed by atoms with Gasteiger partial charge in [-0.25, -0.2) is 4.98 Å². The Balaban J connectivity index is 1.40. The molecule has 3 aromatic carbocycles. The van der Waals surface area contributed by atoms with Gasteiger partial charge in [0.25, 0.3) is 5.91 Å². The van der Waals surface area contributed by atoms with Crippen LogP contribution in [-0.4, -0.2) is 42.8 Å². The molecule has 7 nitrogen and oxygen atoms in total.